The monoisotopic (exact) mass is 167 g/mol. The van der Waals surface area contributed by atoms with Crippen LogP contribution in [0, 0.1) is 0 Å². The molecular formula is C5H11F2N3O. The number of hydrogen-bond acceptors (Lipinski definition) is 3. The maximum atomic E-state index is 12.3. The number of carbonyl (C=O) groups is 1. The minimum atomic E-state index is -3.48. The van der Waals surface area contributed by atoms with Crippen LogP contribution in [0.15, 0.2) is 0 Å². The molecular weight excluding hydrogens is 156 g/mol. The van der Waals surface area contributed by atoms with E-state index in [1.54, 1.807) is 0 Å². The molecule has 0 aliphatic rings. The molecule has 0 saturated carbocycles. The fourth-order valence-corrected chi connectivity index (χ4v) is 0.378. The van der Waals surface area contributed by atoms with Gasteiger partial charge in [0.1, 0.15) is 0 Å². The molecule has 4 nitrogen and oxygen atoms in total. The number of nitrogens with zero attached hydrogens (tertiary/aromatic N) is 1. The highest BCUT2D eigenvalue weighted by atomic mass is 19.3. The van der Waals surface area contributed by atoms with Gasteiger partial charge in [-0.25, -0.2) is 5.01 Å². The average molecular weight is 167 g/mol. The van der Waals surface area contributed by atoms with Crippen LogP contribution in [0.1, 0.15) is 0 Å². The highest BCUT2D eigenvalue weighted by Crippen LogP contribution is 2.10. The van der Waals surface area contributed by atoms with Crippen molar-refractivity contribution in [1.29, 1.82) is 0 Å². The van der Waals surface area contributed by atoms with Crippen molar-refractivity contribution < 1.29 is 13.6 Å². The van der Waals surface area contributed by atoms with Gasteiger partial charge >= 0.3 is 11.8 Å². The Morgan fingerprint density at radius 3 is 2.36 bits per heavy atom. The number of nitrogens with one attached hydrogen (secondary N) is 1. The molecule has 0 bridgehead atoms. The van der Waals surface area contributed by atoms with Crippen molar-refractivity contribution in [3.63, 3.8) is 0 Å². The van der Waals surface area contributed by atoms with E-state index in [0.29, 0.717) is 0 Å². The highest BCUT2D eigenvalue weighted by molar-refractivity contribution is 5.83. The van der Waals surface area contributed by atoms with Crippen LogP contribution >= 0.6 is 0 Å². The predicted octanol–water partition coefficient (Wildman–Crippen LogP) is -0.827. The number of halogens is 2. The first-order chi connectivity index (χ1) is 4.90. The molecule has 6 heteroatoms. The Labute approximate surface area is 63.3 Å². The molecule has 11 heavy (non-hydrogen) atoms. The number of hydrogen-bond donors (Lipinski definition) is 2. The standard InChI is InChI=1S/C5H11F2N3O/c1-10(2)9-4(11)5(6,7)3-8/h3,8H2,1-2H3,(H,9,11). The summed E-state index contributed by atoms with van der Waals surface area (Å²) in [7, 11) is 2.87. The Kier molecular flexibility index (Phi) is 3.34. The summed E-state index contributed by atoms with van der Waals surface area (Å²) in [5, 5.41) is 1.13. The number of hydrazine groups is 1. The fraction of sp³-hybridized carbons (Fsp3) is 0.800. The van der Waals surface area contributed by atoms with Gasteiger partial charge in [0.05, 0.1) is 6.54 Å². The summed E-state index contributed by atoms with van der Waals surface area (Å²) in [6.45, 7) is -0.979. The lowest BCUT2D eigenvalue weighted by molar-refractivity contribution is -0.148. The van der Waals surface area contributed by atoms with Gasteiger partial charge in [-0.3, -0.25) is 10.2 Å². The van der Waals surface area contributed by atoms with Gasteiger partial charge in [0, 0.05) is 14.1 Å². The zero-order valence-electron chi connectivity index (χ0n) is 6.40. The molecule has 0 aromatic rings. The summed E-state index contributed by atoms with van der Waals surface area (Å²) in [6, 6.07) is 0. The molecule has 66 valence electrons. The Morgan fingerprint density at radius 1 is 1.64 bits per heavy atom. The van der Waals surface area contributed by atoms with Crippen molar-refractivity contribution in [1.82, 2.24) is 10.4 Å². The van der Waals surface area contributed by atoms with E-state index in [-0.39, 0.29) is 0 Å². The summed E-state index contributed by atoms with van der Waals surface area (Å²) in [5.41, 5.74) is 6.55. The van der Waals surface area contributed by atoms with Crippen molar-refractivity contribution in [3.8, 4) is 0 Å². The van der Waals surface area contributed by atoms with E-state index in [4.69, 9.17) is 0 Å². The molecule has 0 aliphatic heterocycles. The van der Waals surface area contributed by atoms with E-state index in [0.717, 1.165) is 5.01 Å². The van der Waals surface area contributed by atoms with Crippen molar-refractivity contribution in [2.24, 2.45) is 5.73 Å². The average Bonchev–Trinajstić information content (AvgIpc) is 1.86. The van der Waals surface area contributed by atoms with Crippen LogP contribution in [0.5, 0.6) is 0 Å². The molecule has 0 heterocycles. The van der Waals surface area contributed by atoms with Gasteiger partial charge in [-0.05, 0) is 0 Å². The third kappa shape index (κ3) is 3.24. The molecule has 0 spiro atoms. The molecule has 0 atom stereocenters. The van der Waals surface area contributed by atoms with Crippen LogP contribution in [0.25, 0.3) is 0 Å². The molecule has 0 saturated heterocycles. The lowest BCUT2D eigenvalue weighted by Crippen LogP contribution is -2.49. The first-order valence-electron chi connectivity index (χ1n) is 2.96. The lowest BCUT2D eigenvalue weighted by atomic mass is 10.3. The van der Waals surface area contributed by atoms with E-state index in [2.05, 4.69) is 5.73 Å². The molecule has 1 amide bonds. The Morgan fingerprint density at radius 2 is 2.09 bits per heavy atom. The van der Waals surface area contributed by atoms with Crippen LogP contribution in [0.4, 0.5) is 8.78 Å². The number of carbonyl (C=O) groups excluding carboxylic acids is 1. The smallest absolute Gasteiger partial charge is 0.325 e. The van der Waals surface area contributed by atoms with E-state index in [1.165, 1.54) is 14.1 Å². The van der Waals surface area contributed by atoms with Crippen LogP contribution < -0.4 is 11.2 Å². The number of amides is 1. The third-order valence-corrected chi connectivity index (χ3v) is 0.914. The van der Waals surface area contributed by atoms with E-state index in [9.17, 15) is 13.6 Å². The summed E-state index contributed by atoms with van der Waals surface area (Å²) in [6.07, 6.45) is 0. The summed E-state index contributed by atoms with van der Waals surface area (Å²) in [4.78, 5) is 10.5. The van der Waals surface area contributed by atoms with Gasteiger partial charge in [-0.1, -0.05) is 0 Å². The second-order valence-corrected chi connectivity index (χ2v) is 2.24. The molecule has 0 radical (unpaired) electrons. The van der Waals surface area contributed by atoms with Gasteiger partial charge < -0.3 is 5.73 Å². The van der Waals surface area contributed by atoms with Gasteiger partial charge in [-0.15, -0.1) is 0 Å². The molecule has 3 N–H and O–H groups in total. The lowest BCUT2D eigenvalue weighted by Gasteiger charge is -2.17. The zero-order chi connectivity index (χ0) is 9.07. The van der Waals surface area contributed by atoms with Crippen molar-refractivity contribution in [3.05, 3.63) is 0 Å². The maximum Gasteiger partial charge on any atom is 0.337 e. The normalized spacial score (nSPS) is 11.8. The van der Waals surface area contributed by atoms with Crippen LogP contribution in [0.2, 0.25) is 0 Å². The van der Waals surface area contributed by atoms with Gasteiger partial charge in [-0.2, -0.15) is 8.78 Å². The minimum absolute atomic E-state index is 0.979. The second kappa shape index (κ2) is 3.59. The number of rotatable bonds is 3. The molecule has 0 aromatic heterocycles. The fourth-order valence-electron chi connectivity index (χ4n) is 0.378. The Bertz CT molecular complexity index is 149. The SMILES string of the molecule is CN(C)NC(=O)C(F)(F)CN. The van der Waals surface area contributed by atoms with Gasteiger partial charge in [0.25, 0.3) is 0 Å². The minimum Gasteiger partial charge on any atom is -0.325 e. The second-order valence-electron chi connectivity index (χ2n) is 2.24. The van der Waals surface area contributed by atoms with E-state index < -0.39 is 18.4 Å². The summed E-state index contributed by atoms with van der Waals surface area (Å²) < 4.78 is 24.7. The van der Waals surface area contributed by atoms with Crippen LogP contribution in [0.3, 0.4) is 0 Å². The van der Waals surface area contributed by atoms with E-state index >= 15 is 0 Å². The van der Waals surface area contributed by atoms with Crippen molar-refractivity contribution >= 4 is 5.91 Å². The molecule has 0 aliphatic carbocycles. The van der Waals surface area contributed by atoms with Gasteiger partial charge in [0.15, 0.2) is 0 Å². The predicted molar refractivity (Wildman–Crippen MR) is 35.8 cm³/mol. The Balaban J connectivity index is 4.02. The largest absolute Gasteiger partial charge is 0.337 e. The molecule has 0 rings (SSSR count). The van der Waals surface area contributed by atoms with Crippen LogP contribution in [-0.4, -0.2) is 37.5 Å². The first kappa shape index (κ1) is 10.2. The quantitative estimate of drug-likeness (QED) is 0.539. The van der Waals surface area contributed by atoms with E-state index in [1.807, 2.05) is 5.43 Å². The highest BCUT2D eigenvalue weighted by Gasteiger charge is 2.37. The maximum absolute atomic E-state index is 12.3. The topological polar surface area (TPSA) is 58.4 Å². The molecule has 0 aromatic carbocycles. The Hall–Kier alpha value is -0.750. The van der Waals surface area contributed by atoms with Crippen molar-refractivity contribution in [2.45, 2.75) is 5.92 Å². The van der Waals surface area contributed by atoms with Crippen molar-refractivity contribution in [2.75, 3.05) is 20.6 Å². The molecule has 0 fully saturated rings. The summed E-state index contributed by atoms with van der Waals surface area (Å²) in [5.74, 6) is -4.87. The van der Waals surface area contributed by atoms with Gasteiger partial charge in [0.2, 0.25) is 0 Å². The zero-order valence-corrected chi connectivity index (χ0v) is 6.40. The van der Waals surface area contributed by atoms with Crippen LogP contribution in [-0.2, 0) is 4.79 Å². The number of nitrogens with two attached hydrogens (primary N) is 1. The number of alkyl halides is 2. The first-order valence-corrected chi connectivity index (χ1v) is 2.96. The third-order valence-electron chi connectivity index (χ3n) is 0.914. The summed E-state index contributed by atoms with van der Waals surface area (Å²) >= 11 is 0. The molecule has 0 unspecified atom stereocenters.